The molecule has 1 saturated heterocycles. The normalized spacial score (nSPS) is 19.8. The number of anilines is 1. The Morgan fingerprint density at radius 2 is 2.22 bits per heavy atom. The van der Waals surface area contributed by atoms with Gasteiger partial charge in [-0.05, 0) is 18.1 Å². The van der Waals surface area contributed by atoms with Crippen molar-refractivity contribution >= 4 is 11.6 Å². The van der Waals surface area contributed by atoms with Crippen LogP contribution in [0.3, 0.4) is 0 Å². The van der Waals surface area contributed by atoms with Crippen LogP contribution >= 0.6 is 0 Å². The third kappa shape index (κ3) is 2.17. The van der Waals surface area contributed by atoms with Crippen LogP contribution < -0.4 is 4.90 Å². The quantitative estimate of drug-likeness (QED) is 0.744. The predicted octanol–water partition coefficient (Wildman–Crippen LogP) is 2.67. The van der Waals surface area contributed by atoms with E-state index in [1.807, 2.05) is 23.0 Å². The van der Waals surface area contributed by atoms with Crippen molar-refractivity contribution < 1.29 is 0 Å². The van der Waals surface area contributed by atoms with Gasteiger partial charge >= 0.3 is 0 Å². The molecule has 1 aliphatic rings. The molecule has 0 amide bonds. The molecule has 0 N–H and O–H groups in total. The summed E-state index contributed by atoms with van der Waals surface area (Å²) < 4.78 is 1.83. The highest BCUT2D eigenvalue weighted by Crippen LogP contribution is 2.50. The Morgan fingerprint density at radius 1 is 1.35 bits per heavy atom. The second-order valence-corrected chi connectivity index (χ2v) is 6.74. The van der Waals surface area contributed by atoms with Gasteiger partial charge < -0.3 is 4.90 Å². The summed E-state index contributed by atoms with van der Waals surface area (Å²) in [5.74, 6) is 1.71. The highest BCUT2D eigenvalue weighted by atomic mass is 15.4. The van der Waals surface area contributed by atoms with Crippen molar-refractivity contribution in [3.05, 3.63) is 48.2 Å². The third-order valence-electron chi connectivity index (χ3n) is 4.57. The third-order valence-corrected chi connectivity index (χ3v) is 4.57. The molecule has 1 atom stereocenters. The monoisotopic (exact) mass is 308 g/mol. The minimum Gasteiger partial charge on any atom is -0.348 e. The van der Waals surface area contributed by atoms with Crippen molar-refractivity contribution in [1.29, 1.82) is 0 Å². The van der Waals surface area contributed by atoms with Crippen LogP contribution in [-0.2, 0) is 6.42 Å². The molecule has 0 aliphatic carbocycles. The van der Waals surface area contributed by atoms with Crippen LogP contribution in [0.15, 0.2) is 36.9 Å². The molecule has 0 saturated carbocycles. The molecule has 0 aromatic carbocycles. The van der Waals surface area contributed by atoms with Crippen molar-refractivity contribution in [2.75, 3.05) is 11.4 Å². The van der Waals surface area contributed by atoms with Gasteiger partial charge in [0.15, 0.2) is 0 Å². The highest BCUT2D eigenvalue weighted by Gasteiger charge is 2.47. The Balaban J connectivity index is 1.83. The van der Waals surface area contributed by atoms with Gasteiger partial charge in [0, 0.05) is 36.1 Å². The van der Waals surface area contributed by atoms with E-state index in [2.05, 4.69) is 57.9 Å². The smallest absolute Gasteiger partial charge is 0.254 e. The molecule has 4 rings (SSSR count). The second kappa shape index (κ2) is 5.01. The van der Waals surface area contributed by atoms with Crippen LogP contribution in [0.2, 0.25) is 0 Å². The van der Waals surface area contributed by atoms with Crippen LogP contribution in [0.1, 0.15) is 38.1 Å². The molecule has 6 heteroatoms. The summed E-state index contributed by atoms with van der Waals surface area (Å²) in [6, 6.07) is 6.54. The number of hydrogen-bond donors (Lipinski definition) is 0. The standard InChI is InChI=1S/C17H20N6/c1-4-13-8-14(23-16(21-13)19-11-20-23)22-10-17(2,3)15(22)12-6-5-7-18-9-12/h5-9,11,15H,4,10H2,1-3H3/t15-/m0/s1. The van der Waals surface area contributed by atoms with Gasteiger partial charge in [0.05, 0.1) is 6.04 Å². The van der Waals surface area contributed by atoms with E-state index in [9.17, 15) is 0 Å². The Bertz CT molecular complexity index is 839. The Morgan fingerprint density at radius 3 is 2.91 bits per heavy atom. The molecule has 0 radical (unpaired) electrons. The first-order valence-electron chi connectivity index (χ1n) is 7.96. The van der Waals surface area contributed by atoms with Gasteiger partial charge in [0.1, 0.15) is 12.1 Å². The van der Waals surface area contributed by atoms with Gasteiger partial charge in [0.2, 0.25) is 0 Å². The second-order valence-electron chi connectivity index (χ2n) is 6.74. The fourth-order valence-electron chi connectivity index (χ4n) is 3.54. The molecule has 3 aromatic rings. The number of aryl methyl sites for hydroxylation is 1. The van der Waals surface area contributed by atoms with E-state index in [1.54, 1.807) is 6.33 Å². The van der Waals surface area contributed by atoms with Gasteiger partial charge in [0.25, 0.3) is 5.78 Å². The maximum atomic E-state index is 4.54. The average Bonchev–Trinajstić information content (AvgIpc) is 3.01. The number of fused-ring (bicyclic) bond motifs is 1. The fourth-order valence-corrected chi connectivity index (χ4v) is 3.54. The molecular weight excluding hydrogens is 288 g/mol. The number of nitrogens with zero attached hydrogens (tertiary/aromatic N) is 6. The summed E-state index contributed by atoms with van der Waals surface area (Å²) in [4.78, 5) is 15.5. The summed E-state index contributed by atoms with van der Waals surface area (Å²) in [6.07, 6.45) is 6.22. The van der Waals surface area contributed by atoms with E-state index in [0.717, 1.165) is 24.5 Å². The number of pyridine rings is 1. The number of rotatable bonds is 3. The van der Waals surface area contributed by atoms with Gasteiger partial charge in [-0.1, -0.05) is 26.8 Å². The maximum Gasteiger partial charge on any atom is 0.254 e. The SMILES string of the molecule is CCc1cc(N2CC(C)(C)[C@@H]2c2cccnc2)n2ncnc2n1. The summed E-state index contributed by atoms with van der Waals surface area (Å²) in [7, 11) is 0. The number of hydrogen-bond acceptors (Lipinski definition) is 5. The lowest BCUT2D eigenvalue weighted by atomic mass is 9.72. The molecule has 0 spiro atoms. The van der Waals surface area contributed by atoms with Crippen molar-refractivity contribution in [3.63, 3.8) is 0 Å². The van der Waals surface area contributed by atoms with E-state index in [4.69, 9.17) is 0 Å². The summed E-state index contributed by atoms with van der Waals surface area (Å²) in [5.41, 5.74) is 2.45. The largest absolute Gasteiger partial charge is 0.348 e. The summed E-state index contributed by atoms with van der Waals surface area (Å²) >= 11 is 0. The van der Waals surface area contributed by atoms with E-state index in [1.165, 1.54) is 5.56 Å². The topological polar surface area (TPSA) is 59.2 Å². The lowest BCUT2D eigenvalue weighted by Gasteiger charge is -2.55. The van der Waals surface area contributed by atoms with E-state index >= 15 is 0 Å². The molecule has 1 fully saturated rings. The molecular formula is C17H20N6. The Hall–Kier alpha value is -2.50. The van der Waals surface area contributed by atoms with E-state index in [0.29, 0.717) is 5.78 Å². The number of aromatic nitrogens is 5. The maximum absolute atomic E-state index is 4.54. The zero-order chi connectivity index (χ0) is 16.0. The first kappa shape index (κ1) is 14.1. The average molecular weight is 308 g/mol. The Kier molecular flexibility index (Phi) is 3.07. The minimum atomic E-state index is 0.186. The van der Waals surface area contributed by atoms with Crippen LogP contribution in [-0.4, -0.2) is 31.1 Å². The first-order valence-corrected chi connectivity index (χ1v) is 7.96. The molecule has 118 valence electrons. The van der Waals surface area contributed by atoms with Crippen molar-refractivity contribution in [2.45, 2.75) is 33.2 Å². The van der Waals surface area contributed by atoms with Gasteiger partial charge in [-0.25, -0.2) is 4.98 Å². The molecule has 3 aromatic heterocycles. The van der Waals surface area contributed by atoms with Gasteiger partial charge in [-0.15, -0.1) is 0 Å². The zero-order valence-corrected chi connectivity index (χ0v) is 13.6. The van der Waals surface area contributed by atoms with Crippen LogP contribution in [0.4, 0.5) is 5.82 Å². The minimum absolute atomic E-state index is 0.186. The van der Waals surface area contributed by atoms with Gasteiger partial charge in [-0.2, -0.15) is 14.6 Å². The molecule has 1 aliphatic heterocycles. The fraction of sp³-hybridized carbons (Fsp3) is 0.412. The molecule has 0 unspecified atom stereocenters. The van der Waals surface area contributed by atoms with Crippen LogP contribution in [0.5, 0.6) is 0 Å². The summed E-state index contributed by atoms with van der Waals surface area (Å²) in [5, 5.41) is 4.36. The molecule has 0 bridgehead atoms. The Labute approximate surface area is 135 Å². The van der Waals surface area contributed by atoms with Crippen molar-refractivity contribution in [3.8, 4) is 0 Å². The van der Waals surface area contributed by atoms with Gasteiger partial charge in [-0.3, -0.25) is 4.98 Å². The van der Waals surface area contributed by atoms with Crippen LogP contribution in [0, 0.1) is 5.41 Å². The molecule has 6 nitrogen and oxygen atoms in total. The predicted molar refractivity (Wildman–Crippen MR) is 88.3 cm³/mol. The van der Waals surface area contributed by atoms with Crippen molar-refractivity contribution in [2.24, 2.45) is 5.41 Å². The molecule has 23 heavy (non-hydrogen) atoms. The lowest BCUT2D eigenvalue weighted by molar-refractivity contribution is 0.177. The lowest BCUT2D eigenvalue weighted by Crippen LogP contribution is -2.56. The van der Waals surface area contributed by atoms with Crippen molar-refractivity contribution in [1.82, 2.24) is 24.6 Å². The van der Waals surface area contributed by atoms with E-state index in [-0.39, 0.29) is 11.5 Å². The van der Waals surface area contributed by atoms with E-state index < -0.39 is 0 Å². The summed E-state index contributed by atoms with van der Waals surface area (Å²) in [6.45, 7) is 7.66. The zero-order valence-electron chi connectivity index (χ0n) is 13.6. The van der Waals surface area contributed by atoms with Crippen LogP contribution in [0.25, 0.3) is 5.78 Å². The molecule has 4 heterocycles. The highest BCUT2D eigenvalue weighted by molar-refractivity contribution is 5.53. The first-order chi connectivity index (χ1) is 11.1.